The van der Waals surface area contributed by atoms with Crippen molar-refractivity contribution in [2.45, 2.75) is 6.04 Å². The average molecular weight is 483 g/mol. The van der Waals surface area contributed by atoms with E-state index in [1.54, 1.807) is 32.4 Å². The van der Waals surface area contributed by atoms with Crippen LogP contribution in [0, 0.1) is 5.82 Å². The Morgan fingerprint density at radius 1 is 0.889 bits per heavy atom. The van der Waals surface area contributed by atoms with Crippen LogP contribution in [0.4, 0.5) is 10.1 Å². The second kappa shape index (κ2) is 7.98. The number of benzene rings is 3. The largest absolute Gasteiger partial charge is 0.497 e. The van der Waals surface area contributed by atoms with Crippen LogP contribution in [-0.2, 0) is 14.1 Å². The third-order valence-electron chi connectivity index (χ3n) is 6.90. The van der Waals surface area contributed by atoms with Gasteiger partial charge in [0.05, 0.1) is 46.8 Å². The first-order valence-electron chi connectivity index (χ1n) is 11.5. The Balaban J connectivity index is 1.84. The van der Waals surface area contributed by atoms with Crippen LogP contribution in [0.1, 0.15) is 17.3 Å². The number of hydrogen-bond donors (Lipinski definition) is 1. The topological polar surface area (TPSA) is 70.2 Å². The number of fused-ring (bicyclic) bond motifs is 5. The van der Waals surface area contributed by atoms with Crippen molar-refractivity contribution in [2.24, 2.45) is 14.1 Å². The van der Waals surface area contributed by atoms with Gasteiger partial charge in [-0.15, -0.1) is 0 Å². The maximum Gasteiger partial charge on any atom is 0.331 e. The van der Waals surface area contributed by atoms with Gasteiger partial charge in [0, 0.05) is 19.7 Å². The molecule has 8 heteroatoms. The molecule has 0 saturated carbocycles. The average Bonchev–Trinajstić information content (AvgIpc) is 3.27. The van der Waals surface area contributed by atoms with Crippen molar-refractivity contribution >= 4 is 16.6 Å². The van der Waals surface area contributed by atoms with Crippen LogP contribution in [0.15, 0.2) is 82.4 Å². The van der Waals surface area contributed by atoms with Gasteiger partial charge in [-0.2, -0.15) is 0 Å². The number of halogens is 1. The maximum absolute atomic E-state index is 15.3. The summed E-state index contributed by atoms with van der Waals surface area (Å²) in [5, 5.41) is 3.87. The van der Waals surface area contributed by atoms with Gasteiger partial charge in [-0.05, 0) is 42.0 Å². The number of aromatic nitrogens is 3. The fraction of sp³-hybridized carbons (Fsp3) is 0.143. The Labute approximate surface area is 205 Å². The van der Waals surface area contributed by atoms with E-state index in [1.165, 1.54) is 17.7 Å². The normalized spacial score (nSPS) is 14.3. The predicted molar refractivity (Wildman–Crippen MR) is 138 cm³/mol. The van der Waals surface area contributed by atoms with Crippen LogP contribution in [0.25, 0.3) is 27.8 Å². The van der Waals surface area contributed by atoms with Crippen LogP contribution in [0.3, 0.4) is 0 Å². The first-order chi connectivity index (χ1) is 17.4. The molecule has 1 aliphatic rings. The molecule has 1 N–H and O–H groups in total. The molecule has 36 heavy (non-hydrogen) atoms. The lowest BCUT2D eigenvalue weighted by Crippen LogP contribution is -2.37. The summed E-state index contributed by atoms with van der Waals surface area (Å²) in [6.45, 7) is 0. The van der Waals surface area contributed by atoms with Gasteiger partial charge in [0.2, 0.25) is 0 Å². The Morgan fingerprint density at radius 2 is 1.58 bits per heavy atom. The number of hydrogen-bond acceptors (Lipinski definition) is 4. The number of ether oxygens (including phenoxy) is 1. The van der Waals surface area contributed by atoms with Gasteiger partial charge in [-0.25, -0.2) is 9.18 Å². The van der Waals surface area contributed by atoms with Gasteiger partial charge in [0.25, 0.3) is 5.56 Å². The van der Waals surface area contributed by atoms with Crippen LogP contribution in [-0.4, -0.2) is 20.8 Å². The third kappa shape index (κ3) is 2.97. The molecule has 0 bridgehead atoms. The summed E-state index contributed by atoms with van der Waals surface area (Å²) < 4.78 is 25.1. The van der Waals surface area contributed by atoms with Crippen LogP contribution in [0.2, 0.25) is 0 Å². The van der Waals surface area contributed by atoms with Crippen molar-refractivity contribution in [3.63, 3.8) is 0 Å². The molecule has 180 valence electrons. The summed E-state index contributed by atoms with van der Waals surface area (Å²) in [5.41, 5.74) is 3.42. The Bertz CT molecular complexity index is 1780. The van der Waals surface area contributed by atoms with Crippen molar-refractivity contribution in [1.82, 2.24) is 13.7 Å². The molecular weight excluding hydrogens is 459 g/mol. The molecule has 3 heterocycles. The van der Waals surface area contributed by atoms with Gasteiger partial charge in [0.15, 0.2) is 0 Å². The van der Waals surface area contributed by atoms with E-state index in [2.05, 4.69) is 5.32 Å². The SMILES string of the molecule is COc1ccc(C2Nc3ccccc3-n3c(-c4ccccc4F)c4c(=O)n(C)c(=O)n(C)c4c32)cc1. The number of para-hydroxylation sites is 2. The molecule has 0 aliphatic carbocycles. The van der Waals surface area contributed by atoms with Gasteiger partial charge < -0.3 is 14.6 Å². The minimum absolute atomic E-state index is 0.287. The first kappa shape index (κ1) is 21.9. The molecule has 3 aromatic carbocycles. The molecule has 0 amide bonds. The lowest BCUT2D eigenvalue weighted by atomic mass is 9.99. The molecule has 7 nitrogen and oxygen atoms in total. The van der Waals surface area contributed by atoms with Crippen molar-refractivity contribution in [3.05, 3.63) is 111 Å². The summed E-state index contributed by atoms with van der Waals surface area (Å²) in [4.78, 5) is 26.7. The molecule has 0 radical (unpaired) electrons. The number of nitrogens with zero attached hydrogens (tertiary/aromatic N) is 3. The molecule has 2 aromatic heterocycles. The number of methoxy groups -OCH3 is 1. The number of rotatable bonds is 3. The lowest BCUT2D eigenvalue weighted by Gasteiger charge is -2.31. The van der Waals surface area contributed by atoms with Crippen molar-refractivity contribution < 1.29 is 9.13 Å². The van der Waals surface area contributed by atoms with E-state index in [1.807, 2.05) is 53.1 Å². The maximum atomic E-state index is 15.3. The summed E-state index contributed by atoms with van der Waals surface area (Å²) >= 11 is 0. The summed E-state index contributed by atoms with van der Waals surface area (Å²) in [7, 11) is 4.69. The van der Waals surface area contributed by atoms with Crippen LogP contribution >= 0.6 is 0 Å². The second-order valence-electron chi connectivity index (χ2n) is 8.85. The van der Waals surface area contributed by atoms with Crippen molar-refractivity contribution in [1.29, 1.82) is 0 Å². The minimum atomic E-state index is -0.473. The zero-order valence-corrected chi connectivity index (χ0v) is 19.9. The standard InChI is InChI=1S/C28H23FN4O3/c1-31-25-22(27(34)32(2)28(31)35)24(18-8-4-5-9-19(18)29)33-21-11-7-6-10-20(21)30-23(26(25)33)16-12-14-17(36-3)15-13-16/h4-15,23,30H,1-3H3. The van der Waals surface area contributed by atoms with Gasteiger partial charge in [-0.3, -0.25) is 13.9 Å². The number of nitrogens with one attached hydrogen (secondary N) is 1. The molecule has 1 unspecified atom stereocenters. The fourth-order valence-electron chi connectivity index (χ4n) is 5.17. The highest BCUT2D eigenvalue weighted by Gasteiger charge is 2.35. The third-order valence-corrected chi connectivity index (χ3v) is 6.90. The van der Waals surface area contributed by atoms with Crippen molar-refractivity contribution in [3.8, 4) is 22.7 Å². The van der Waals surface area contributed by atoms with Gasteiger partial charge in [-0.1, -0.05) is 36.4 Å². The lowest BCUT2D eigenvalue weighted by molar-refractivity contribution is 0.414. The van der Waals surface area contributed by atoms with Gasteiger partial charge in [0.1, 0.15) is 11.6 Å². The smallest absolute Gasteiger partial charge is 0.331 e. The van der Waals surface area contributed by atoms with E-state index in [0.29, 0.717) is 22.7 Å². The highest BCUT2D eigenvalue weighted by molar-refractivity contribution is 5.99. The fourth-order valence-corrected chi connectivity index (χ4v) is 5.17. The summed E-state index contributed by atoms with van der Waals surface area (Å²) in [6, 6.07) is 21.3. The quantitative estimate of drug-likeness (QED) is 0.415. The van der Waals surface area contributed by atoms with E-state index in [9.17, 15) is 9.59 Å². The van der Waals surface area contributed by atoms with E-state index in [4.69, 9.17) is 4.74 Å². The Morgan fingerprint density at radius 3 is 2.31 bits per heavy atom. The van der Waals surface area contributed by atoms with Crippen molar-refractivity contribution in [2.75, 3.05) is 12.4 Å². The van der Waals surface area contributed by atoms with Gasteiger partial charge >= 0.3 is 5.69 Å². The first-order valence-corrected chi connectivity index (χ1v) is 11.5. The monoisotopic (exact) mass is 482 g/mol. The zero-order valence-electron chi connectivity index (χ0n) is 19.9. The number of anilines is 1. The molecule has 1 atom stereocenters. The van der Waals surface area contributed by atoms with E-state index >= 15 is 4.39 Å². The summed E-state index contributed by atoms with van der Waals surface area (Å²) in [6.07, 6.45) is 0. The zero-order chi connectivity index (χ0) is 25.1. The van der Waals surface area contributed by atoms with E-state index in [0.717, 1.165) is 21.5 Å². The highest BCUT2D eigenvalue weighted by Crippen LogP contribution is 2.45. The predicted octanol–water partition coefficient (Wildman–Crippen LogP) is 4.36. The molecular formula is C28H23FN4O3. The molecule has 0 saturated heterocycles. The molecule has 5 aromatic rings. The molecule has 0 fully saturated rings. The highest BCUT2D eigenvalue weighted by atomic mass is 19.1. The Kier molecular flexibility index (Phi) is 4.86. The van der Waals surface area contributed by atoms with Crippen LogP contribution < -0.4 is 21.3 Å². The molecule has 1 aliphatic heterocycles. The van der Waals surface area contributed by atoms with E-state index < -0.39 is 23.1 Å². The molecule has 6 rings (SSSR count). The Hall–Kier alpha value is -4.59. The minimum Gasteiger partial charge on any atom is -0.497 e. The molecule has 0 spiro atoms. The van der Waals surface area contributed by atoms with Crippen LogP contribution in [0.5, 0.6) is 5.75 Å². The van der Waals surface area contributed by atoms with E-state index in [-0.39, 0.29) is 10.9 Å². The summed E-state index contributed by atoms with van der Waals surface area (Å²) in [5.74, 6) is 0.260. The second-order valence-corrected chi connectivity index (χ2v) is 8.85. The number of aryl methyl sites for hydroxylation is 1.